The van der Waals surface area contributed by atoms with Gasteiger partial charge in [-0.3, -0.25) is 0 Å². The molecule has 4 saturated heterocycles. The lowest BCUT2D eigenvalue weighted by Gasteiger charge is -2.53. The number of allylic oxidation sites excluding steroid dienone is 2. The Morgan fingerprint density at radius 1 is 1.24 bits per heavy atom. The van der Waals surface area contributed by atoms with Crippen molar-refractivity contribution in [2.45, 2.75) is 26.4 Å². The molecular weight excluding hydrogens is 212 g/mol. The monoisotopic (exact) mass is 236 g/mol. The van der Waals surface area contributed by atoms with Crippen LogP contribution in [0.1, 0.15) is 20.3 Å². The van der Waals surface area contributed by atoms with Crippen LogP contribution in [0.5, 0.6) is 0 Å². The van der Waals surface area contributed by atoms with Crippen molar-refractivity contribution in [1.82, 2.24) is 9.80 Å². The van der Waals surface area contributed by atoms with E-state index in [0.717, 1.165) is 32.6 Å². The number of aliphatic hydroxyl groups excluding tert-OH is 1. The van der Waals surface area contributed by atoms with Gasteiger partial charge in [0, 0.05) is 50.6 Å². The Bertz CT molecular complexity index is 319. The van der Waals surface area contributed by atoms with Gasteiger partial charge in [-0.1, -0.05) is 11.6 Å². The van der Waals surface area contributed by atoms with E-state index < -0.39 is 0 Å². The van der Waals surface area contributed by atoms with Crippen molar-refractivity contribution >= 4 is 0 Å². The lowest BCUT2D eigenvalue weighted by Crippen LogP contribution is -2.63. The van der Waals surface area contributed by atoms with Gasteiger partial charge >= 0.3 is 0 Å². The van der Waals surface area contributed by atoms with Crippen LogP contribution in [0.3, 0.4) is 0 Å². The Hall–Kier alpha value is -0.380. The second-order valence-electron chi connectivity index (χ2n) is 6.52. The van der Waals surface area contributed by atoms with Crippen LogP contribution < -0.4 is 0 Å². The second-order valence-corrected chi connectivity index (χ2v) is 6.52. The zero-order valence-electron chi connectivity index (χ0n) is 11.0. The summed E-state index contributed by atoms with van der Waals surface area (Å²) in [6.07, 6.45) is 3.27. The highest BCUT2D eigenvalue weighted by atomic mass is 16.3. The van der Waals surface area contributed by atoms with Gasteiger partial charge in [0.05, 0.1) is 6.10 Å². The van der Waals surface area contributed by atoms with Crippen molar-refractivity contribution in [3.05, 3.63) is 11.6 Å². The third-order valence-electron chi connectivity index (χ3n) is 4.79. The molecule has 3 heteroatoms. The Labute approximate surface area is 104 Å². The third kappa shape index (κ3) is 1.94. The highest BCUT2D eigenvalue weighted by Gasteiger charge is 2.52. The number of fused-ring (bicyclic) bond motifs is 1. The van der Waals surface area contributed by atoms with E-state index >= 15 is 0 Å². The van der Waals surface area contributed by atoms with Gasteiger partial charge in [0.15, 0.2) is 0 Å². The molecule has 0 amide bonds. The van der Waals surface area contributed by atoms with E-state index in [4.69, 9.17) is 0 Å². The van der Waals surface area contributed by atoms with E-state index in [0.29, 0.717) is 5.92 Å². The zero-order valence-corrected chi connectivity index (χ0v) is 11.0. The van der Waals surface area contributed by atoms with Crippen molar-refractivity contribution in [3.8, 4) is 0 Å². The predicted molar refractivity (Wildman–Crippen MR) is 68.9 cm³/mol. The number of piperidine rings is 2. The van der Waals surface area contributed by atoms with Gasteiger partial charge in [-0.15, -0.1) is 0 Å². The van der Waals surface area contributed by atoms with Crippen LogP contribution in [0.4, 0.5) is 0 Å². The summed E-state index contributed by atoms with van der Waals surface area (Å²) in [6.45, 7) is 11.1. The Kier molecular flexibility index (Phi) is 2.80. The number of hydrogen-bond donors (Lipinski definition) is 1. The average molecular weight is 236 g/mol. The summed E-state index contributed by atoms with van der Waals surface area (Å²) in [6, 6.07) is 0. The summed E-state index contributed by atoms with van der Waals surface area (Å²) in [7, 11) is 0. The van der Waals surface area contributed by atoms with Crippen LogP contribution in [-0.4, -0.2) is 60.3 Å². The standard InChI is InChI=1S/C14H24N2O/c1-11(2)3-4-14-9-15-5-6-16(10-14)8-12(7-15)13(14)17/h3,12-13,17H,4-10H2,1-2H3. The molecule has 3 nitrogen and oxygen atoms in total. The van der Waals surface area contributed by atoms with Crippen LogP contribution in [0.25, 0.3) is 0 Å². The maximum Gasteiger partial charge on any atom is 0.0676 e. The van der Waals surface area contributed by atoms with Crippen molar-refractivity contribution < 1.29 is 5.11 Å². The Morgan fingerprint density at radius 3 is 2.35 bits per heavy atom. The van der Waals surface area contributed by atoms with Crippen molar-refractivity contribution in [3.63, 3.8) is 0 Å². The maximum absolute atomic E-state index is 10.6. The van der Waals surface area contributed by atoms with Gasteiger partial charge in [-0.2, -0.15) is 0 Å². The SMILES string of the molecule is CC(C)=CCC12CN3CCN(CC(C3)C1O)C2. The van der Waals surface area contributed by atoms with Gasteiger partial charge < -0.3 is 14.9 Å². The van der Waals surface area contributed by atoms with Crippen LogP contribution in [0.15, 0.2) is 11.6 Å². The normalized spacial score (nSPS) is 47.9. The minimum absolute atomic E-state index is 0.0938. The van der Waals surface area contributed by atoms with Gasteiger partial charge in [0.2, 0.25) is 0 Å². The quantitative estimate of drug-likeness (QED) is 0.723. The second kappa shape index (κ2) is 4.08. The summed E-state index contributed by atoms with van der Waals surface area (Å²) in [4.78, 5) is 5.15. The molecule has 4 heterocycles. The predicted octanol–water partition coefficient (Wildman–Crippen LogP) is 0.951. The fourth-order valence-electron chi connectivity index (χ4n) is 3.96. The first-order valence-corrected chi connectivity index (χ1v) is 6.85. The highest BCUT2D eigenvalue weighted by molar-refractivity contribution is 5.10. The molecule has 3 atom stereocenters. The molecule has 4 bridgehead atoms. The lowest BCUT2D eigenvalue weighted by molar-refractivity contribution is -0.114. The molecule has 96 valence electrons. The average Bonchev–Trinajstić information content (AvgIpc) is 2.51. The number of aliphatic hydroxyl groups is 1. The lowest BCUT2D eigenvalue weighted by atomic mass is 9.68. The molecule has 1 N–H and O–H groups in total. The first kappa shape index (κ1) is 11.7. The van der Waals surface area contributed by atoms with Gasteiger partial charge in [0.1, 0.15) is 0 Å². The van der Waals surface area contributed by atoms with E-state index in [-0.39, 0.29) is 11.5 Å². The molecule has 3 unspecified atom stereocenters. The van der Waals surface area contributed by atoms with Crippen molar-refractivity contribution in [2.75, 3.05) is 39.3 Å². The number of nitrogens with zero attached hydrogens (tertiary/aromatic N) is 2. The zero-order chi connectivity index (χ0) is 12.0. The molecule has 0 aliphatic carbocycles. The summed E-state index contributed by atoms with van der Waals surface area (Å²) in [5, 5.41) is 10.6. The topological polar surface area (TPSA) is 26.7 Å². The molecule has 4 rings (SSSR count). The minimum atomic E-state index is -0.0938. The minimum Gasteiger partial charge on any atom is -0.392 e. The first-order chi connectivity index (χ1) is 8.09. The fraction of sp³-hybridized carbons (Fsp3) is 0.857. The van der Waals surface area contributed by atoms with Crippen LogP contribution in [0, 0.1) is 11.3 Å². The molecule has 0 spiro atoms. The van der Waals surface area contributed by atoms with E-state index in [1.165, 1.54) is 18.7 Å². The Balaban J connectivity index is 1.89. The summed E-state index contributed by atoms with van der Waals surface area (Å²) < 4.78 is 0. The fourth-order valence-corrected chi connectivity index (χ4v) is 3.96. The third-order valence-corrected chi connectivity index (χ3v) is 4.79. The largest absolute Gasteiger partial charge is 0.392 e. The number of hydrogen-bond acceptors (Lipinski definition) is 3. The van der Waals surface area contributed by atoms with E-state index in [1.807, 2.05) is 0 Å². The summed E-state index contributed by atoms with van der Waals surface area (Å²) >= 11 is 0. The van der Waals surface area contributed by atoms with E-state index in [2.05, 4.69) is 29.7 Å². The van der Waals surface area contributed by atoms with Crippen LogP contribution in [0.2, 0.25) is 0 Å². The maximum atomic E-state index is 10.6. The highest BCUT2D eigenvalue weighted by Crippen LogP contribution is 2.43. The van der Waals surface area contributed by atoms with E-state index in [9.17, 15) is 5.11 Å². The molecule has 0 aromatic rings. The van der Waals surface area contributed by atoms with Gasteiger partial charge in [-0.25, -0.2) is 0 Å². The van der Waals surface area contributed by atoms with Crippen molar-refractivity contribution in [1.29, 1.82) is 0 Å². The molecule has 4 aliphatic rings. The van der Waals surface area contributed by atoms with Crippen LogP contribution in [-0.2, 0) is 0 Å². The molecule has 0 radical (unpaired) electrons. The molecule has 0 aromatic heterocycles. The first-order valence-electron chi connectivity index (χ1n) is 6.85. The molecule has 4 aliphatic heterocycles. The number of rotatable bonds is 2. The molecule has 0 aromatic carbocycles. The molecule has 0 saturated carbocycles. The summed E-state index contributed by atoms with van der Waals surface area (Å²) in [5.74, 6) is 0.477. The van der Waals surface area contributed by atoms with Gasteiger partial charge in [-0.05, 0) is 20.3 Å². The molecular formula is C14H24N2O. The van der Waals surface area contributed by atoms with Crippen molar-refractivity contribution in [2.24, 2.45) is 11.3 Å². The van der Waals surface area contributed by atoms with Gasteiger partial charge in [0.25, 0.3) is 0 Å². The van der Waals surface area contributed by atoms with Crippen LogP contribution >= 0.6 is 0 Å². The Morgan fingerprint density at radius 2 is 1.82 bits per heavy atom. The smallest absolute Gasteiger partial charge is 0.0676 e. The molecule has 17 heavy (non-hydrogen) atoms. The van der Waals surface area contributed by atoms with E-state index in [1.54, 1.807) is 0 Å². The summed E-state index contributed by atoms with van der Waals surface area (Å²) in [5.41, 5.74) is 1.48. The molecule has 4 fully saturated rings.